The van der Waals surface area contributed by atoms with Crippen molar-refractivity contribution in [2.24, 2.45) is 0 Å². The van der Waals surface area contributed by atoms with Gasteiger partial charge in [0.05, 0.1) is 6.33 Å². The van der Waals surface area contributed by atoms with Crippen LogP contribution in [0, 0.1) is 5.82 Å². The predicted octanol–water partition coefficient (Wildman–Crippen LogP) is 5.69. The number of hydrogen-bond acceptors (Lipinski definition) is 6. The molecule has 0 aliphatic rings. The first-order valence-corrected chi connectivity index (χ1v) is 10.8. The number of nitrogens with one attached hydrogen (secondary N) is 2. The average molecular weight is 428 g/mol. The number of halogens is 1. The van der Waals surface area contributed by atoms with Gasteiger partial charge in [-0.3, -0.25) is 0 Å². The third-order valence-electron chi connectivity index (χ3n) is 4.87. The van der Waals surface area contributed by atoms with Gasteiger partial charge in [0.25, 0.3) is 0 Å². The van der Waals surface area contributed by atoms with Gasteiger partial charge in [-0.1, -0.05) is 18.2 Å². The Balaban J connectivity index is 1.59. The molecule has 152 valence electrons. The number of aromatic nitrogens is 5. The molecule has 0 aliphatic carbocycles. The van der Waals surface area contributed by atoms with Crippen molar-refractivity contribution in [3.05, 3.63) is 79.3 Å². The highest BCUT2D eigenvalue weighted by atomic mass is 32.2. The lowest BCUT2D eigenvalue weighted by molar-refractivity contribution is 0.631. The van der Waals surface area contributed by atoms with Crippen LogP contribution in [0.25, 0.3) is 33.5 Å². The van der Waals surface area contributed by atoms with E-state index < -0.39 is 0 Å². The maximum Gasteiger partial charge on any atom is 0.161 e. The summed E-state index contributed by atoms with van der Waals surface area (Å²) in [6, 6.07) is 16.5. The summed E-state index contributed by atoms with van der Waals surface area (Å²) < 4.78 is 14.4. The first kappa shape index (κ1) is 19.2. The lowest BCUT2D eigenvalue weighted by Crippen LogP contribution is -1.99. The Morgan fingerprint density at radius 1 is 0.935 bits per heavy atom. The number of benzene rings is 2. The molecule has 0 saturated carbocycles. The fourth-order valence-corrected chi connectivity index (χ4v) is 3.92. The average Bonchev–Trinajstić information content (AvgIpc) is 3.29. The zero-order valence-corrected chi connectivity index (χ0v) is 17.3. The molecular formula is C23H17FN6S. The minimum absolute atomic E-state index is 0.257. The topological polar surface area (TPSA) is 79.4 Å². The van der Waals surface area contributed by atoms with Crippen LogP contribution in [0.5, 0.6) is 0 Å². The van der Waals surface area contributed by atoms with Crippen molar-refractivity contribution in [1.29, 1.82) is 0 Å². The Labute approximate surface area is 182 Å². The summed E-state index contributed by atoms with van der Waals surface area (Å²) in [5, 5.41) is 3.39. The van der Waals surface area contributed by atoms with Gasteiger partial charge in [0.2, 0.25) is 0 Å². The number of hydrogen-bond donors (Lipinski definition) is 2. The van der Waals surface area contributed by atoms with Gasteiger partial charge in [0, 0.05) is 27.9 Å². The van der Waals surface area contributed by atoms with Gasteiger partial charge in [-0.2, -0.15) is 0 Å². The van der Waals surface area contributed by atoms with E-state index in [0.717, 1.165) is 21.7 Å². The van der Waals surface area contributed by atoms with Crippen molar-refractivity contribution in [1.82, 2.24) is 24.9 Å². The molecule has 3 aromatic heterocycles. The van der Waals surface area contributed by atoms with E-state index in [1.54, 1.807) is 36.4 Å². The van der Waals surface area contributed by atoms with E-state index in [-0.39, 0.29) is 5.82 Å². The SMILES string of the molecule is CSc1cc(Nc2ncccc2-c2ncnc3[nH]cnc23)cc(-c2ccccc2F)c1. The van der Waals surface area contributed by atoms with Gasteiger partial charge in [-0.05, 0) is 48.2 Å². The summed E-state index contributed by atoms with van der Waals surface area (Å²) in [5.41, 5.74) is 4.95. The summed E-state index contributed by atoms with van der Waals surface area (Å²) in [6.45, 7) is 0. The molecule has 0 bridgehead atoms. The molecule has 8 heteroatoms. The number of nitrogens with zero attached hydrogens (tertiary/aromatic N) is 4. The van der Waals surface area contributed by atoms with Crippen molar-refractivity contribution in [2.75, 3.05) is 11.6 Å². The molecule has 0 fully saturated rings. The van der Waals surface area contributed by atoms with Gasteiger partial charge >= 0.3 is 0 Å². The van der Waals surface area contributed by atoms with Gasteiger partial charge in [-0.25, -0.2) is 24.3 Å². The first-order valence-electron chi connectivity index (χ1n) is 9.53. The smallest absolute Gasteiger partial charge is 0.161 e. The lowest BCUT2D eigenvalue weighted by atomic mass is 10.0. The third-order valence-corrected chi connectivity index (χ3v) is 5.58. The fraction of sp³-hybridized carbons (Fsp3) is 0.0435. The molecule has 0 aliphatic heterocycles. The van der Waals surface area contributed by atoms with Gasteiger partial charge in [0.15, 0.2) is 5.65 Å². The van der Waals surface area contributed by atoms with Gasteiger partial charge < -0.3 is 10.3 Å². The Kier molecular flexibility index (Phi) is 5.05. The molecule has 5 rings (SSSR count). The molecule has 2 aromatic carbocycles. The maximum atomic E-state index is 14.4. The second-order valence-electron chi connectivity index (χ2n) is 6.78. The summed E-state index contributed by atoms with van der Waals surface area (Å²) in [5.74, 6) is 0.371. The largest absolute Gasteiger partial charge is 0.340 e. The van der Waals surface area contributed by atoms with Crippen molar-refractivity contribution in [3.8, 4) is 22.4 Å². The van der Waals surface area contributed by atoms with E-state index in [9.17, 15) is 4.39 Å². The van der Waals surface area contributed by atoms with E-state index >= 15 is 0 Å². The third kappa shape index (κ3) is 3.73. The molecular weight excluding hydrogens is 411 g/mol. The number of imidazole rings is 1. The molecule has 5 aromatic rings. The number of H-pyrrole nitrogens is 1. The van der Waals surface area contributed by atoms with Gasteiger partial charge in [-0.15, -0.1) is 11.8 Å². The van der Waals surface area contributed by atoms with Crippen LogP contribution in [0.4, 0.5) is 15.9 Å². The highest BCUT2D eigenvalue weighted by Crippen LogP contribution is 2.34. The van der Waals surface area contributed by atoms with Crippen molar-refractivity contribution in [2.45, 2.75) is 4.90 Å². The van der Waals surface area contributed by atoms with E-state index in [4.69, 9.17) is 0 Å². The zero-order chi connectivity index (χ0) is 21.2. The molecule has 3 heterocycles. The number of anilines is 2. The lowest BCUT2D eigenvalue weighted by Gasteiger charge is -2.14. The fourth-order valence-electron chi connectivity index (χ4n) is 3.43. The molecule has 0 radical (unpaired) electrons. The van der Waals surface area contributed by atoms with Crippen molar-refractivity contribution < 1.29 is 4.39 Å². The van der Waals surface area contributed by atoms with Crippen molar-refractivity contribution in [3.63, 3.8) is 0 Å². The van der Waals surface area contributed by atoms with Gasteiger partial charge in [0.1, 0.15) is 29.2 Å². The highest BCUT2D eigenvalue weighted by molar-refractivity contribution is 7.98. The number of aromatic amines is 1. The maximum absolute atomic E-state index is 14.4. The molecule has 0 atom stereocenters. The summed E-state index contributed by atoms with van der Waals surface area (Å²) >= 11 is 1.59. The Bertz CT molecular complexity index is 1380. The summed E-state index contributed by atoms with van der Waals surface area (Å²) in [6.07, 6.45) is 6.79. The van der Waals surface area contributed by atoms with Crippen LogP contribution in [0.3, 0.4) is 0 Å². The van der Waals surface area contributed by atoms with Crippen LogP contribution in [-0.4, -0.2) is 31.2 Å². The van der Waals surface area contributed by atoms with Crippen molar-refractivity contribution >= 4 is 34.4 Å². The van der Waals surface area contributed by atoms with Crippen LogP contribution < -0.4 is 5.32 Å². The number of rotatable bonds is 5. The molecule has 31 heavy (non-hydrogen) atoms. The summed E-state index contributed by atoms with van der Waals surface area (Å²) in [4.78, 5) is 21.5. The van der Waals surface area contributed by atoms with E-state index in [1.165, 1.54) is 12.4 Å². The molecule has 0 saturated heterocycles. The standard InChI is InChI=1S/C23H17FN6S/c1-31-16-10-14(17-5-2-3-7-19(17)24)9-15(11-16)30-22-18(6-4-8-25-22)20-21-23(28-12-26-20)29-13-27-21/h2-13H,1H3,(H,25,30)(H,26,27,28,29). The van der Waals surface area contributed by atoms with Crippen LogP contribution in [-0.2, 0) is 0 Å². The Morgan fingerprint density at radius 2 is 1.81 bits per heavy atom. The monoisotopic (exact) mass is 428 g/mol. The highest BCUT2D eigenvalue weighted by Gasteiger charge is 2.15. The predicted molar refractivity (Wildman–Crippen MR) is 122 cm³/mol. The van der Waals surface area contributed by atoms with E-state index in [2.05, 4.69) is 30.2 Å². The zero-order valence-electron chi connectivity index (χ0n) is 16.5. The Morgan fingerprint density at radius 3 is 2.68 bits per heavy atom. The number of thioether (sulfide) groups is 1. The molecule has 0 spiro atoms. The van der Waals surface area contributed by atoms with Crippen LogP contribution >= 0.6 is 11.8 Å². The quantitative estimate of drug-likeness (QED) is 0.350. The van der Waals surface area contributed by atoms with Crippen LogP contribution in [0.1, 0.15) is 0 Å². The van der Waals surface area contributed by atoms with Crippen LogP contribution in [0.2, 0.25) is 0 Å². The number of fused-ring (bicyclic) bond motifs is 1. The van der Waals surface area contributed by atoms with E-state index in [1.807, 2.05) is 42.7 Å². The normalized spacial score (nSPS) is 11.0. The minimum atomic E-state index is -0.257. The summed E-state index contributed by atoms with van der Waals surface area (Å²) in [7, 11) is 0. The molecule has 0 unspecified atom stereocenters. The minimum Gasteiger partial charge on any atom is -0.340 e. The van der Waals surface area contributed by atoms with Crippen LogP contribution in [0.15, 0.2) is 78.3 Å². The number of pyridine rings is 1. The first-order chi connectivity index (χ1) is 15.2. The Hall–Kier alpha value is -3.78. The second-order valence-corrected chi connectivity index (χ2v) is 7.66. The molecule has 2 N–H and O–H groups in total. The van der Waals surface area contributed by atoms with E-state index in [0.29, 0.717) is 28.2 Å². The second kappa shape index (κ2) is 8.16. The molecule has 0 amide bonds. The molecule has 6 nitrogen and oxygen atoms in total.